The molecule has 3 aromatic carbocycles. The lowest BCUT2D eigenvalue weighted by molar-refractivity contribution is -0.117. The molecule has 0 spiro atoms. The molecule has 9 heteroatoms. The van der Waals surface area contributed by atoms with Crippen molar-refractivity contribution in [2.75, 3.05) is 12.4 Å². The molecule has 0 bridgehead atoms. The van der Waals surface area contributed by atoms with Gasteiger partial charge in [0.25, 0.3) is 0 Å². The highest BCUT2D eigenvalue weighted by atomic mass is 35.5. The van der Waals surface area contributed by atoms with Gasteiger partial charge in [-0.2, -0.15) is 5.26 Å². The maximum atomic E-state index is 12.8. The van der Waals surface area contributed by atoms with E-state index in [1.807, 2.05) is 55.5 Å². The number of nitriles is 1. The van der Waals surface area contributed by atoms with E-state index in [0.717, 1.165) is 38.8 Å². The number of ether oxygens (including phenoxy) is 1. The molecule has 1 aliphatic carbocycles. The number of nitrogens with one attached hydrogen (secondary N) is 1. The fraction of sp³-hybridized carbons (Fsp3) is 0.200. The molecule has 2 heterocycles. The van der Waals surface area contributed by atoms with Gasteiger partial charge in [0.1, 0.15) is 11.6 Å². The van der Waals surface area contributed by atoms with Gasteiger partial charge in [-0.1, -0.05) is 23.7 Å². The third-order valence-electron chi connectivity index (χ3n) is 7.16. The number of carbonyl (C=O) groups is 1. The number of benzene rings is 3. The third kappa shape index (κ3) is 4.62. The first-order valence-corrected chi connectivity index (χ1v) is 12.8. The Kier molecular flexibility index (Phi) is 6.09. The van der Waals surface area contributed by atoms with Crippen molar-refractivity contribution >= 4 is 45.2 Å². The summed E-state index contributed by atoms with van der Waals surface area (Å²) in [5.41, 5.74) is 4.78. The quantitative estimate of drug-likeness (QED) is 0.287. The van der Waals surface area contributed by atoms with Crippen LogP contribution >= 0.6 is 11.6 Å². The Bertz CT molecular complexity index is 1870. The number of methoxy groups -OCH3 is 1. The van der Waals surface area contributed by atoms with Crippen molar-refractivity contribution in [2.24, 2.45) is 11.8 Å². The van der Waals surface area contributed by atoms with Crippen LogP contribution < -0.4 is 15.8 Å². The fourth-order valence-electron chi connectivity index (χ4n) is 4.87. The number of aryl methyl sites for hydroxylation is 1. The van der Waals surface area contributed by atoms with Gasteiger partial charge in [0.05, 0.1) is 42.1 Å². The van der Waals surface area contributed by atoms with E-state index in [4.69, 9.17) is 26.0 Å². The second kappa shape index (κ2) is 9.61. The molecular weight excluding hydrogens is 516 g/mol. The normalized spacial score (nSPS) is 16.3. The number of rotatable bonds is 6. The number of oxazole rings is 1. The highest BCUT2D eigenvalue weighted by Crippen LogP contribution is 2.39. The van der Waals surface area contributed by atoms with Gasteiger partial charge in [-0.25, -0.2) is 9.78 Å². The summed E-state index contributed by atoms with van der Waals surface area (Å²) < 4.78 is 12.5. The number of aromatic nitrogens is 2. The van der Waals surface area contributed by atoms with Gasteiger partial charge < -0.3 is 14.5 Å². The number of amides is 1. The van der Waals surface area contributed by atoms with E-state index in [9.17, 15) is 9.59 Å². The molecule has 5 aromatic rings. The average molecular weight is 539 g/mol. The molecular formula is C30H23ClN4O4. The summed E-state index contributed by atoms with van der Waals surface area (Å²) in [5, 5.41) is 13.9. The first kappa shape index (κ1) is 24.7. The smallest absolute Gasteiger partial charge is 0.420 e. The lowest BCUT2D eigenvalue weighted by atomic mass is 9.97. The lowest BCUT2D eigenvalue weighted by Crippen LogP contribution is -2.15. The van der Waals surface area contributed by atoms with Crippen molar-refractivity contribution in [3.05, 3.63) is 87.5 Å². The predicted octanol–water partition coefficient (Wildman–Crippen LogP) is 5.93. The topological polar surface area (TPSA) is 110 Å². The minimum absolute atomic E-state index is 0.203. The van der Waals surface area contributed by atoms with E-state index in [2.05, 4.69) is 16.4 Å². The second-order valence-corrected chi connectivity index (χ2v) is 10.2. The molecule has 1 N–H and O–H groups in total. The summed E-state index contributed by atoms with van der Waals surface area (Å²) >= 11 is 6.63. The summed E-state index contributed by atoms with van der Waals surface area (Å²) in [4.78, 5) is 29.5. The van der Waals surface area contributed by atoms with Gasteiger partial charge in [0, 0.05) is 11.6 Å². The number of hydrogen-bond donors (Lipinski definition) is 1. The maximum absolute atomic E-state index is 12.8. The number of fused-ring (bicyclic) bond motifs is 2. The van der Waals surface area contributed by atoms with Crippen LogP contribution in [0.1, 0.15) is 17.5 Å². The van der Waals surface area contributed by atoms with Gasteiger partial charge in [0.15, 0.2) is 5.58 Å². The summed E-state index contributed by atoms with van der Waals surface area (Å²) in [6, 6.07) is 19.1. The number of anilines is 1. The molecule has 8 nitrogen and oxygen atoms in total. The molecule has 1 amide bonds. The summed E-state index contributed by atoms with van der Waals surface area (Å²) in [7, 11) is 1.61. The van der Waals surface area contributed by atoms with Crippen LogP contribution in [0.3, 0.4) is 0 Å². The zero-order valence-corrected chi connectivity index (χ0v) is 22.0. The number of nitrogens with zero attached hydrogens (tertiary/aromatic N) is 3. The van der Waals surface area contributed by atoms with E-state index in [0.29, 0.717) is 34.9 Å². The van der Waals surface area contributed by atoms with Crippen molar-refractivity contribution < 1.29 is 13.9 Å². The molecule has 1 saturated carbocycles. The van der Waals surface area contributed by atoms with Crippen LogP contribution in [0.5, 0.6) is 5.75 Å². The molecule has 6 rings (SSSR count). The number of pyridine rings is 1. The lowest BCUT2D eigenvalue weighted by Gasteiger charge is -2.11. The van der Waals surface area contributed by atoms with Gasteiger partial charge in [-0.15, -0.1) is 0 Å². The van der Waals surface area contributed by atoms with Crippen LogP contribution in [-0.4, -0.2) is 22.6 Å². The molecule has 0 unspecified atom stereocenters. The highest BCUT2D eigenvalue weighted by Gasteiger charge is 2.43. The monoisotopic (exact) mass is 538 g/mol. The van der Waals surface area contributed by atoms with Crippen LogP contribution in [0.4, 0.5) is 5.82 Å². The van der Waals surface area contributed by atoms with Crippen molar-refractivity contribution in [3.8, 4) is 22.9 Å². The Morgan fingerprint density at radius 2 is 2.03 bits per heavy atom. The molecule has 2 atom stereocenters. The van der Waals surface area contributed by atoms with Crippen molar-refractivity contribution in [1.29, 1.82) is 5.26 Å². The molecule has 0 saturated heterocycles. The molecule has 194 valence electrons. The minimum Gasteiger partial charge on any atom is -0.497 e. The van der Waals surface area contributed by atoms with Crippen LogP contribution in [-0.2, 0) is 11.3 Å². The van der Waals surface area contributed by atoms with Crippen LogP contribution in [0.15, 0.2) is 70.0 Å². The zero-order chi connectivity index (χ0) is 27.3. The molecule has 2 aromatic heterocycles. The number of halogens is 1. The average Bonchev–Trinajstić information content (AvgIpc) is 3.67. The van der Waals surface area contributed by atoms with Gasteiger partial charge in [0.2, 0.25) is 5.91 Å². The third-order valence-corrected chi connectivity index (χ3v) is 7.47. The Labute approximate surface area is 228 Å². The van der Waals surface area contributed by atoms with Crippen LogP contribution in [0.25, 0.3) is 33.0 Å². The van der Waals surface area contributed by atoms with Crippen molar-refractivity contribution in [1.82, 2.24) is 9.55 Å². The van der Waals surface area contributed by atoms with Gasteiger partial charge >= 0.3 is 5.76 Å². The Morgan fingerprint density at radius 1 is 1.23 bits per heavy atom. The minimum atomic E-state index is -0.435. The highest BCUT2D eigenvalue weighted by molar-refractivity contribution is 6.36. The van der Waals surface area contributed by atoms with Gasteiger partial charge in [-0.3, -0.25) is 9.36 Å². The van der Waals surface area contributed by atoms with E-state index in [1.54, 1.807) is 23.9 Å². The van der Waals surface area contributed by atoms with E-state index >= 15 is 0 Å². The van der Waals surface area contributed by atoms with Crippen molar-refractivity contribution in [3.63, 3.8) is 0 Å². The SMILES string of the molecule is COc1ccc(Cn2c(=O)oc3cc(-c4cc(Cl)c5cnc(NC(=O)[C@@H]6C[C@H]6C#N)cc5c4)c(C)cc32)cc1. The van der Waals surface area contributed by atoms with Crippen molar-refractivity contribution in [2.45, 2.75) is 19.9 Å². The Balaban J connectivity index is 1.34. The predicted molar refractivity (Wildman–Crippen MR) is 149 cm³/mol. The van der Waals surface area contributed by atoms with Crippen LogP contribution in [0.2, 0.25) is 5.02 Å². The van der Waals surface area contributed by atoms with E-state index in [1.165, 1.54) is 0 Å². The number of carbonyl (C=O) groups excluding carboxylic acids is 1. The molecule has 1 fully saturated rings. The Morgan fingerprint density at radius 3 is 2.74 bits per heavy atom. The van der Waals surface area contributed by atoms with Gasteiger partial charge in [-0.05, 0) is 83.4 Å². The molecule has 0 aliphatic heterocycles. The summed E-state index contributed by atoms with van der Waals surface area (Å²) in [6.07, 6.45) is 2.20. The molecule has 0 radical (unpaired) electrons. The Hall–Kier alpha value is -4.61. The summed E-state index contributed by atoms with van der Waals surface area (Å²) in [5.74, 6) is -0.00334. The molecule has 1 aliphatic rings. The second-order valence-electron chi connectivity index (χ2n) is 9.75. The maximum Gasteiger partial charge on any atom is 0.420 e. The molecule has 39 heavy (non-hydrogen) atoms. The largest absolute Gasteiger partial charge is 0.497 e. The van der Waals surface area contributed by atoms with E-state index < -0.39 is 5.76 Å². The zero-order valence-electron chi connectivity index (χ0n) is 21.2. The first-order chi connectivity index (χ1) is 18.8. The van der Waals surface area contributed by atoms with Crippen LogP contribution in [0, 0.1) is 30.1 Å². The fourth-order valence-corrected chi connectivity index (χ4v) is 5.15. The summed E-state index contributed by atoms with van der Waals surface area (Å²) in [6.45, 7) is 2.34. The van der Waals surface area contributed by atoms with E-state index in [-0.39, 0.29) is 17.7 Å². The standard InChI is InChI=1S/C30H23ClN4O4/c1-16-7-26-27(39-30(37)35(26)15-17-3-5-21(38-2)6-4-17)12-22(16)18-8-19-11-28(33-14-24(19)25(31)10-18)34-29(36)23-9-20(23)13-32/h3-8,10-12,14,20,23H,9,15H2,1-2H3,(H,33,34,36)/t20-,23+/m0/s1. The first-order valence-electron chi connectivity index (χ1n) is 12.4. The number of hydrogen-bond acceptors (Lipinski definition) is 6.